The van der Waals surface area contributed by atoms with E-state index in [1.807, 2.05) is 13.8 Å². The summed E-state index contributed by atoms with van der Waals surface area (Å²) in [5.74, 6) is -1.42. The minimum absolute atomic E-state index is 0. The van der Waals surface area contributed by atoms with Crippen LogP contribution in [0.3, 0.4) is 0 Å². The summed E-state index contributed by atoms with van der Waals surface area (Å²) in [6, 6.07) is 0.286. The number of halogens is 2. The summed E-state index contributed by atoms with van der Waals surface area (Å²) < 4.78 is 0. The number of carboxylic acid groups (broad SMARTS) is 2. The van der Waals surface area contributed by atoms with E-state index in [4.69, 9.17) is 34.8 Å². The fourth-order valence-electron chi connectivity index (χ4n) is 1.53. The SMILES string of the molecule is CCCC(=O)O.CCCC(=O)O.[Cl][Pt+2][Cl].[NH-]C1CCCCC1.[NH2-]. The number of hydrogen-bond donors (Lipinski definition) is 2. The van der Waals surface area contributed by atoms with Gasteiger partial charge in [0.2, 0.25) is 0 Å². The zero-order chi connectivity index (χ0) is 17.8. The standard InChI is InChI=1S/C6H12N.2C4H8O2.2ClH.H2N.Pt/c7-6-4-2-1-3-5-6;2*1-2-3-4(5)6;;;;/h6-7H,1-5H2;2*2-3H2,1H3,(H,5,6);2*1H;1H2;/q-1;;;;;-1;+4/p-2. The predicted octanol–water partition coefficient (Wildman–Crippen LogP) is 6.21. The van der Waals surface area contributed by atoms with Crippen molar-refractivity contribution in [3.05, 3.63) is 11.9 Å². The Kier molecular flexibility index (Phi) is 36.3. The third kappa shape index (κ3) is 44.9. The van der Waals surface area contributed by atoms with Crippen molar-refractivity contribution in [1.29, 1.82) is 0 Å². The maximum absolute atomic E-state index is 9.60. The number of aliphatic carboxylic acids is 2. The Bertz CT molecular complexity index is 241. The van der Waals surface area contributed by atoms with Crippen molar-refractivity contribution in [3.8, 4) is 0 Å². The van der Waals surface area contributed by atoms with E-state index in [9.17, 15) is 9.59 Å². The summed E-state index contributed by atoms with van der Waals surface area (Å²) in [4.78, 5) is 19.2. The van der Waals surface area contributed by atoms with Crippen LogP contribution in [0.15, 0.2) is 0 Å². The fraction of sp³-hybridized carbons (Fsp3) is 0.857. The second-order valence-corrected chi connectivity index (χ2v) is 7.95. The van der Waals surface area contributed by atoms with E-state index in [0.29, 0.717) is 12.8 Å². The van der Waals surface area contributed by atoms with E-state index in [-0.39, 0.29) is 12.2 Å². The average molecular weight is 556 g/mol. The Morgan fingerprint density at radius 1 is 1.00 bits per heavy atom. The van der Waals surface area contributed by atoms with Crippen molar-refractivity contribution in [3.63, 3.8) is 0 Å². The molecule has 0 aromatic heterocycles. The molecule has 0 heterocycles. The smallest absolute Gasteiger partial charge is 0.0534 e. The molecule has 0 unspecified atom stereocenters. The third-order valence-corrected chi connectivity index (χ3v) is 2.53. The van der Waals surface area contributed by atoms with Crippen LogP contribution in [0.5, 0.6) is 0 Å². The molecule has 0 amide bonds. The molecule has 0 aliphatic heterocycles. The van der Waals surface area contributed by atoms with Crippen LogP contribution >= 0.6 is 18.8 Å². The largest absolute Gasteiger partial charge is 0.693 e. The van der Waals surface area contributed by atoms with E-state index in [0.717, 1.165) is 25.7 Å². The normalized spacial score (nSPS) is 12.9. The van der Waals surface area contributed by atoms with Crippen LogP contribution in [-0.2, 0) is 26.1 Å². The first-order chi connectivity index (χ1) is 10.3. The zero-order valence-electron chi connectivity index (χ0n) is 13.8. The second kappa shape index (κ2) is 27.0. The molecule has 1 fully saturated rings. The molecule has 1 aliphatic carbocycles. The van der Waals surface area contributed by atoms with Crippen LogP contribution < -0.4 is 0 Å². The first-order valence-corrected chi connectivity index (χ1v) is 13.0. The van der Waals surface area contributed by atoms with Gasteiger partial charge in [-0.3, -0.25) is 9.59 Å². The van der Waals surface area contributed by atoms with Gasteiger partial charge in [0.1, 0.15) is 0 Å². The van der Waals surface area contributed by atoms with Crippen molar-refractivity contribution in [2.24, 2.45) is 0 Å². The van der Waals surface area contributed by atoms with Crippen molar-refractivity contribution < 1.29 is 36.3 Å². The molecule has 1 rings (SSSR count). The molecule has 1 aliphatic rings. The van der Waals surface area contributed by atoms with Gasteiger partial charge in [-0.15, -0.1) is 6.04 Å². The summed E-state index contributed by atoms with van der Waals surface area (Å²) in [5, 5.41) is 15.8. The van der Waals surface area contributed by atoms with Gasteiger partial charge in [0.25, 0.3) is 0 Å². The summed E-state index contributed by atoms with van der Waals surface area (Å²) in [6.07, 6.45) is 8.32. The van der Waals surface area contributed by atoms with Crippen LogP contribution in [0.4, 0.5) is 0 Å². The van der Waals surface area contributed by atoms with Crippen molar-refractivity contribution >= 4 is 30.8 Å². The molecule has 0 aromatic rings. The minimum atomic E-state index is -0.711. The molecular weight excluding hydrogens is 526 g/mol. The van der Waals surface area contributed by atoms with Crippen molar-refractivity contribution in [2.45, 2.75) is 77.7 Å². The summed E-state index contributed by atoms with van der Waals surface area (Å²) >= 11 is -0.472. The Hall–Kier alpha value is 0.128. The van der Waals surface area contributed by atoms with E-state index in [2.05, 4.69) is 0 Å². The molecule has 0 atom stereocenters. The van der Waals surface area contributed by atoms with Gasteiger partial charge in [-0.2, -0.15) is 0 Å². The van der Waals surface area contributed by atoms with Crippen LogP contribution in [0.2, 0.25) is 0 Å². The van der Waals surface area contributed by atoms with Crippen LogP contribution in [-0.4, -0.2) is 28.2 Å². The number of carbonyl (C=O) groups is 2. The average Bonchev–Trinajstić information content (AvgIpc) is 2.41. The van der Waals surface area contributed by atoms with Gasteiger partial charge in [0.15, 0.2) is 0 Å². The minimum Gasteiger partial charge on any atom is -0.693 e. The first-order valence-electron chi connectivity index (χ1n) is 7.32. The quantitative estimate of drug-likeness (QED) is 0.426. The van der Waals surface area contributed by atoms with E-state index in [1.54, 1.807) is 0 Å². The first kappa shape index (κ1) is 31.0. The summed E-state index contributed by atoms with van der Waals surface area (Å²) in [5.41, 5.74) is 7.27. The van der Waals surface area contributed by atoms with Gasteiger partial charge < -0.3 is 22.1 Å². The molecule has 23 heavy (non-hydrogen) atoms. The van der Waals surface area contributed by atoms with Gasteiger partial charge in [-0.05, 0) is 12.8 Å². The van der Waals surface area contributed by atoms with Gasteiger partial charge in [0, 0.05) is 12.8 Å². The molecule has 6 nitrogen and oxygen atoms in total. The Morgan fingerprint density at radius 2 is 1.30 bits per heavy atom. The van der Waals surface area contributed by atoms with E-state index < -0.39 is 28.4 Å². The van der Waals surface area contributed by atoms with Gasteiger partial charge in [0.05, 0.1) is 0 Å². The zero-order valence-corrected chi connectivity index (χ0v) is 17.6. The summed E-state index contributed by atoms with van der Waals surface area (Å²) in [7, 11) is 9.75. The second-order valence-electron chi connectivity index (χ2n) is 4.67. The Morgan fingerprint density at radius 3 is 1.39 bits per heavy atom. The maximum atomic E-state index is 9.60. The summed E-state index contributed by atoms with van der Waals surface area (Å²) in [6.45, 7) is 3.68. The van der Waals surface area contributed by atoms with Gasteiger partial charge in [-0.25, -0.2) is 0 Å². The number of hydrogen-bond acceptors (Lipinski definition) is 2. The van der Waals surface area contributed by atoms with E-state index >= 15 is 0 Å². The molecular formula is C14H30Cl2N2O4Pt. The van der Waals surface area contributed by atoms with E-state index in [1.165, 1.54) is 19.3 Å². The molecule has 0 spiro atoms. The van der Waals surface area contributed by atoms with Crippen LogP contribution in [0.1, 0.15) is 71.6 Å². The molecule has 0 aromatic carbocycles. The predicted molar refractivity (Wildman–Crippen MR) is 93.3 cm³/mol. The number of rotatable bonds is 4. The maximum Gasteiger partial charge on any atom is -0.0534 e. The number of nitrogens with one attached hydrogen (secondary N) is 1. The van der Waals surface area contributed by atoms with Crippen molar-refractivity contribution in [2.75, 3.05) is 0 Å². The Labute approximate surface area is 156 Å². The molecule has 5 N–H and O–H groups in total. The molecule has 9 heteroatoms. The van der Waals surface area contributed by atoms with Crippen LogP contribution in [0.25, 0.3) is 11.9 Å². The topological polar surface area (TPSA) is 132 Å². The molecule has 0 saturated heterocycles. The molecule has 0 bridgehead atoms. The van der Waals surface area contributed by atoms with Gasteiger partial charge >= 0.3 is 47.3 Å². The molecule has 0 radical (unpaired) electrons. The third-order valence-electron chi connectivity index (χ3n) is 2.53. The molecule has 144 valence electrons. The van der Waals surface area contributed by atoms with Gasteiger partial charge in [-0.1, -0.05) is 46.0 Å². The van der Waals surface area contributed by atoms with Crippen LogP contribution in [0, 0.1) is 0 Å². The molecule has 1 saturated carbocycles. The fourth-order valence-corrected chi connectivity index (χ4v) is 1.53. The number of nitrogens with two attached hydrogens (primary N) is 1. The van der Waals surface area contributed by atoms with Crippen molar-refractivity contribution in [1.82, 2.24) is 0 Å². The number of carboxylic acids is 2. The Balaban J connectivity index is -0.000000107. The monoisotopic (exact) mass is 555 g/mol.